The Morgan fingerprint density at radius 3 is 0.774 bits per heavy atom. The minimum Gasteiger partial charge on any atom is -0.0622 e. The summed E-state index contributed by atoms with van der Waals surface area (Å²) in [7, 11) is -0.897. The maximum Gasteiger partial charge on any atom is 0 e. The molecule has 0 saturated heterocycles. The van der Waals surface area contributed by atoms with Crippen molar-refractivity contribution in [2.75, 3.05) is 0 Å². The minimum absolute atomic E-state index is 0. The quantitative estimate of drug-likeness (QED) is 0.233. The van der Waals surface area contributed by atoms with Crippen LogP contribution in [0.5, 0.6) is 0 Å². The average Bonchev–Trinajstić information content (AvgIpc) is 2.82. The number of benzene rings is 4. The van der Waals surface area contributed by atoms with Gasteiger partial charge in [0, 0.05) is 38.6 Å². The number of rotatable bonds is 7. The van der Waals surface area contributed by atoms with Gasteiger partial charge in [-0.15, -0.1) is 0 Å². The van der Waals surface area contributed by atoms with E-state index in [2.05, 4.69) is 135 Å². The molecule has 2 unspecified atom stereocenters. The van der Waals surface area contributed by atoms with Gasteiger partial charge in [0.05, 0.1) is 0 Å². The summed E-state index contributed by atoms with van der Waals surface area (Å²) >= 11 is 0. The zero-order valence-corrected chi connectivity index (χ0v) is 21.9. The monoisotopic (exact) mass is 585 g/mol. The van der Waals surface area contributed by atoms with Gasteiger partial charge < -0.3 is 0 Å². The van der Waals surface area contributed by atoms with Crippen molar-refractivity contribution in [1.29, 1.82) is 0 Å². The van der Waals surface area contributed by atoms with E-state index in [4.69, 9.17) is 0 Å². The molecule has 0 saturated carbocycles. The molecular formula is C28H28P2Tb. The van der Waals surface area contributed by atoms with Gasteiger partial charge in [0.1, 0.15) is 0 Å². The van der Waals surface area contributed by atoms with E-state index < -0.39 is 15.8 Å². The fourth-order valence-electron chi connectivity index (χ4n) is 4.02. The van der Waals surface area contributed by atoms with E-state index in [9.17, 15) is 0 Å². The summed E-state index contributed by atoms with van der Waals surface area (Å²) in [5, 5.41) is 5.87. The van der Waals surface area contributed by atoms with Crippen molar-refractivity contribution < 1.29 is 38.6 Å². The second-order valence-corrected chi connectivity index (χ2v) is 12.7. The van der Waals surface area contributed by atoms with Crippen LogP contribution >= 0.6 is 15.8 Å². The van der Waals surface area contributed by atoms with E-state index in [1.807, 2.05) is 0 Å². The van der Waals surface area contributed by atoms with Crippen molar-refractivity contribution in [1.82, 2.24) is 0 Å². The molecule has 3 heteroatoms. The fourth-order valence-corrected chi connectivity index (χ4v) is 10.1. The molecule has 2 atom stereocenters. The van der Waals surface area contributed by atoms with Gasteiger partial charge in [0.2, 0.25) is 0 Å². The van der Waals surface area contributed by atoms with Crippen molar-refractivity contribution in [2.24, 2.45) is 0 Å². The van der Waals surface area contributed by atoms with Crippen LogP contribution in [-0.2, 0) is 0 Å². The molecule has 4 aromatic carbocycles. The van der Waals surface area contributed by atoms with Crippen LogP contribution < -0.4 is 21.2 Å². The Kier molecular flexibility index (Phi) is 9.80. The van der Waals surface area contributed by atoms with Gasteiger partial charge in [0.25, 0.3) is 0 Å². The SMILES string of the molecule is CC(C(C)P(c1ccccc1)c1ccccc1)P(c1ccccc1)c1ccccc1.[Tb]. The summed E-state index contributed by atoms with van der Waals surface area (Å²) in [6.07, 6.45) is 0. The molecule has 0 aliphatic heterocycles. The Bertz CT molecular complexity index is 858. The van der Waals surface area contributed by atoms with E-state index in [0.29, 0.717) is 11.3 Å². The third kappa shape index (κ3) is 6.08. The molecule has 0 fully saturated rings. The molecule has 0 spiro atoms. The Morgan fingerprint density at radius 1 is 0.387 bits per heavy atom. The Balaban J connectivity index is 0.00000272. The van der Waals surface area contributed by atoms with Gasteiger partial charge in [-0.1, -0.05) is 135 Å². The molecule has 4 rings (SSSR count). The molecule has 0 amide bonds. The van der Waals surface area contributed by atoms with Crippen molar-refractivity contribution in [3.05, 3.63) is 121 Å². The van der Waals surface area contributed by atoms with Gasteiger partial charge in [0.15, 0.2) is 0 Å². The van der Waals surface area contributed by atoms with Crippen LogP contribution in [0, 0.1) is 38.6 Å². The summed E-state index contributed by atoms with van der Waals surface area (Å²) < 4.78 is 0. The van der Waals surface area contributed by atoms with E-state index in [0.717, 1.165) is 0 Å². The molecule has 0 nitrogen and oxygen atoms in total. The maximum atomic E-state index is 2.47. The number of hydrogen-bond acceptors (Lipinski definition) is 0. The zero-order chi connectivity index (χ0) is 20.8. The first kappa shape index (κ1) is 24.7. The largest absolute Gasteiger partial charge is 0.0622 e. The second-order valence-electron chi connectivity index (χ2n) is 7.56. The molecular weight excluding hydrogens is 557 g/mol. The standard InChI is InChI=1S/C28H28P2.Tb/c1-23(29(25-15-7-3-8-16-25)26-17-9-4-10-18-26)24(2)30(27-19-11-5-12-20-27)28-21-13-6-14-22-28;/h3-24H,1-2H3;. The molecule has 1 radical (unpaired) electrons. The van der Waals surface area contributed by atoms with E-state index in [-0.39, 0.29) is 38.6 Å². The predicted octanol–water partition coefficient (Wildman–Crippen LogP) is 6.03. The van der Waals surface area contributed by atoms with Crippen LogP contribution in [0.2, 0.25) is 0 Å². The molecule has 0 aromatic heterocycles. The molecule has 0 aliphatic carbocycles. The van der Waals surface area contributed by atoms with Crippen LogP contribution in [-0.4, -0.2) is 11.3 Å². The van der Waals surface area contributed by atoms with Crippen molar-refractivity contribution in [3.63, 3.8) is 0 Å². The smallest absolute Gasteiger partial charge is 0 e. The summed E-state index contributed by atoms with van der Waals surface area (Å²) in [6.45, 7) is 4.94. The van der Waals surface area contributed by atoms with Crippen LogP contribution in [0.15, 0.2) is 121 Å². The van der Waals surface area contributed by atoms with Crippen molar-refractivity contribution in [3.8, 4) is 0 Å². The third-order valence-corrected chi connectivity index (χ3v) is 11.8. The van der Waals surface area contributed by atoms with Crippen LogP contribution in [0.3, 0.4) is 0 Å². The second kappa shape index (κ2) is 12.3. The van der Waals surface area contributed by atoms with Crippen LogP contribution in [0.1, 0.15) is 13.8 Å². The van der Waals surface area contributed by atoms with E-state index in [1.165, 1.54) is 21.2 Å². The van der Waals surface area contributed by atoms with E-state index in [1.54, 1.807) is 0 Å². The summed E-state index contributed by atoms with van der Waals surface area (Å²) in [5.41, 5.74) is 1.10. The first-order chi connectivity index (χ1) is 14.8. The summed E-state index contributed by atoms with van der Waals surface area (Å²) in [4.78, 5) is 0. The van der Waals surface area contributed by atoms with Gasteiger partial charge in [-0.3, -0.25) is 0 Å². The molecule has 0 aliphatic rings. The molecule has 0 bridgehead atoms. The average molecular weight is 585 g/mol. The zero-order valence-electron chi connectivity index (χ0n) is 17.9. The minimum atomic E-state index is -0.448. The molecule has 159 valence electrons. The summed E-state index contributed by atoms with van der Waals surface area (Å²) in [5.74, 6) is 0. The van der Waals surface area contributed by atoms with Crippen LogP contribution in [0.4, 0.5) is 0 Å². The van der Waals surface area contributed by atoms with Gasteiger partial charge in [-0.25, -0.2) is 0 Å². The Hall–Kier alpha value is -0.974. The molecule has 0 N–H and O–H groups in total. The molecule has 4 aromatic rings. The Morgan fingerprint density at radius 2 is 0.581 bits per heavy atom. The predicted molar refractivity (Wildman–Crippen MR) is 137 cm³/mol. The summed E-state index contributed by atoms with van der Waals surface area (Å²) in [6, 6.07) is 44.5. The number of hydrogen-bond donors (Lipinski definition) is 0. The molecule has 0 heterocycles. The van der Waals surface area contributed by atoms with Gasteiger partial charge in [-0.05, 0) is 48.4 Å². The van der Waals surface area contributed by atoms with Crippen LogP contribution in [0.25, 0.3) is 0 Å². The Labute approximate surface area is 220 Å². The first-order valence-electron chi connectivity index (χ1n) is 10.5. The third-order valence-electron chi connectivity index (χ3n) is 5.65. The van der Waals surface area contributed by atoms with E-state index >= 15 is 0 Å². The first-order valence-corrected chi connectivity index (χ1v) is 13.4. The van der Waals surface area contributed by atoms with Gasteiger partial charge >= 0.3 is 0 Å². The topological polar surface area (TPSA) is 0 Å². The van der Waals surface area contributed by atoms with Gasteiger partial charge in [-0.2, -0.15) is 0 Å². The van der Waals surface area contributed by atoms with Crippen molar-refractivity contribution >= 4 is 37.1 Å². The normalized spacial score (nSPS) is 12.9. The molecule has 31 heavy (non-hydrogen) atoms. The van der Waals surface area contributed by atoms with Crippen molar-refractivity contribution in [2.45, 2.75) is 25.2 Å². The fraction of sp³-hybridized carbons (Fsp3) is 0.143. The maximum absolute atomic E-state index is 2.47.